The van der Waals surface area contributed by atoms with Crippen LogP contribution in [-0.2, 0) is 10.8 Å². The molecule has 0 radical (unpaired) electrons. The standard InChI is InChI=1S/C11H15FOS2/c1-2-14-8-5-9-15(13)11-7-4-3-6-10(11)12/h3-4,6-7H,2,5,8-9H2,1H3. The van der Waals surface area contributed by atoms with Gasteiger partial charge in [0.1, 0.15) is 5.82 Å². The van der Waals surface area contributed by atoms with Crippen molar-refractivity contribution in [3.05, 3.63) is 30.1 Å². The van der Waals surface area contributed by atoms with Crippen molar-refractivity contribution in [2.75, 3.05) is 17.3 Å². The highest BCUT2D eigenvalue weighted by atomic mass is 32.2. The topological polar surface area (TPSA) is 17.1 Å². The Morgan fingerprint density at radius 3 is 2.80 bits per heavy atom. The van der Waals surface area contributed by atoms with E-state index in [0.717, 1.165) is 17.9 Å². The number of thioether (sulfide) groups is 1. The summed E-state index contributed by atoms with van der Waals surface area (Å²) in [6.07, 6.45) is 0.874. The fraction of sp³-hybridized carbons (Fsp3) is 0.455. The van der Waals surface area contributed by atoms with Crippen molar-refractivity contribution in [3.8, 4) is 0 Å². The summed E-state index contributed by atoms with van der Waals surface area (Å²) in [5.41, 5.74) is 0. The lowest BCUT2D eigenvalue weighted by Gasteiger charge is -2.02. The predicted molar refractivity (Wildman–Crippen MR) is 65.3 cm³/mol. The molecule has 0 saturated carbocycles. The van der Waals surface area contributed by atoms with E-state index in [2.05, 4.69) is 6.92 Å². The third-order valence-corrected chi connectivity index (χ3v) is 4.37. The maximum Gasteiger partial charge on any atom is 0.139 e. The molecule has 0 N–H and O–H groups in total. The largest absolute Gasteiger partial charge is 0.254 e. The molecule has 1 atom stereocenters. The maximum absolute atomic E-state index is 13.2. The van der Waals surface area contributed by atoms with Crippen LogP contribution in [0.5, 0.6) is 0 Å². The van der Waals surface area contributed by atoms with Gasteiger partial charge in [0, 0.05) is 5.75 Å². The number of halogens is 1. The molecule has 84 valence electrons. The molecule has 1 nitrogen and oxygen atoms in total. The zero-order valence-corrected chi connectivity index (χ0v) is 10.4. The van der Waals surface area contributed by atoms with Crippen LogP contribution < -0.4 is 0 Å². The minimum absolute atomic E-state index is 0.332. The van der Waals surface area contributed by atoms with Gasteiger partial charge < -0.3 is 0 Å². The predicted octanol–water partition coefficient (Wildman–Crippen LogP) is 3.08. The molecule has 0 heterocycles. The Morgan fingerprint density at radius 1 is 1.40 bits per heavy atom. The summed E-state index contributed by atoms with van der Waals surface area (Å²) in [6, 6.07) is 6.28. The van der Waals surface area contributed by atoms with Gasteiger partial charge in [0.25, 0.3) is 0 Å². The van der Waals surface area contributed by atoms with Crippen LogP contribution in [0.15, 0.2) is 29.2 Å². The average molecular weight is 246 g/mol. The zero-order valence-electron chi connectivity index (χ0n) is 8.74. The van der Waals surface area contributed by atoms with E-state index in [-0.39, 0.29) is 5.82 Å². The van der Waals surface area contributed by atoms with E-state index < -0.39 is 10.8 Å². The highest BCUT2D eigenvalue weighted by Crippen LogP contribution is 2.13. The Kier molecular flexibility index (Phi) is 5.95. The van der Waals surface area contributed by atoms with Crippen molar-refractivity contribution in [2.24, 2.45) is 0 Å². The first-order valence-corrected chi connectivity index (χ1v) is 7.43. The lowest BCUT2D eigenvalue weighted by atomic mass is 10.3. The van der Waals surface area contributed by atoms with Crippen LogP contribution in [0.25, 0.3) is 0 Å². The lowest BCUT2D eigenvalue weighted by molar-refractivity contribution is 0.595. The second-order valence-corrected chi connectivity index (χ2v) is 5.96. The summed E-state index contributed by atoms with van der Waals surface area (Å²) in [5, 5.41) is 0. The zero-order chi connectivity index (χ0) is 11.1. The quantitative estimate of drug-likeness (QED) is 0.718. The van der Waals surface area contributed by atoms with E-state index in [1.54, 1.807) is 18.2 Å². The molecule has 1 rings (SSSR count). The van der Waals surface area contributed by atoms with E-state index in [9.17, 15) is 8.60 Å². The molecule has 0 amide bonds. The molecule has 0 bridgehead atoms. The Hall–Kier alpha value is -0.350. The number of benzene rings is 1. The lowest BCUT2D eigenvalue weighted by Crippen LogP contribution is -2.01. The van der Waals surface area contributed by atoms with Gasteiger partial charge in [-0.3, -0.25) is 4.21 Å². The second-order valence-electron chi connectivity index (χ2n) is 3.03. The van der Waals surface area contributed by atoms with Crippen molar-refractivity contribution in [3.63, 3.8) is 0 Å². The summed E-state index contributed by atoms with van der Waals surface area (Å²) in [7, 11) is -1.19. The fourth-order valence-corrected chi connectivity index (χ4v) is 3.14. The molecular formula is C11H15FOS2. The molecule has 0 aliphatic carbocycles. The van der Waals surface area contributed by atoms with Crippen molar-refractivity contribution < 1.29 is 8.60 Å². The van der Waals surface area contributed by atoms with Crippen LogP contribution >= 0.6 is 11.8 Å². The number of hydrogen-bond donors (Lipinski definition) is 0. The molecule has 1 unspecified atom stereocenters. The third-order valence-electron chi connectivity index (χ3n) is 1.90. The number of hydrogen-bond acceptors (Lipinski definition) is 2. The minimum atomic E-state index is -1.19. The SMILES string of the molecule is CCSCCCS(=O)c1ccccc1F. The van der Waals surface area contributed by atoms with Crippen LogP contribution in [0.1, 0.15) is 13.3 Å². The van der Waals surface area contributed by atoms with Crippen molar-refractivity contribution >= 4 is 22.6 Å². The van der Waals surface area contributed by atoms with E-state index in [4.69, 9.17) is 0 Å². The third kappa shape index (κ3) is 4.34. The molecule has 0 aliphatic heterocycles. The van der Waals surface area contributed by atoms with Crippen LogP contribution in [-0.4, -0.2) is 21.5 Å². The van der Waals surface area contributed by atoms with Gasteiger partial charge in [0.05, 0.1) is 15.7 Å². The average Bonchev–Trinajstić information content (AvgIpc) is 2.25. The van der Waals surface area contributed by atoms with Crippen LogP contribution in [0.3, 0.4) is 0 Å². The Balaban J connectivity index is 2.44. The Bertz CT molecular complexity index is 328. The normalized spacial score (nSPS) is 12.7. The fourth-order valence-electron chi connectivity index (χ4n) is 1.18. The molecule has 0 saturated heterocycles. The van der Waals surface area contributed by atoms with E-state index in [1.165, 1.54) is 6.07 Å². The summed E-state index contributed by atoms with van der Waals surface area (Å²) in [4.78, 5) is 0.332. The van der Waals surface area contributed by atoms with E-state index in [1.807, 2.05) is 11.8 Å². The minimum Gasteiger partial charge on any atom is -0.254 e. The molecule has 0 fully saturated rings. The van der Waals surface area contributed by atoms with E-state index in [0.29, 0.717) is 10.6 Å². The molecule has 0 aliphatic rings. The molecule has 1 aromatic rings. The van der Waals surface area contributed by atoms with Gasteiger partial charge in [-0.1, -0.05) is 19.1 Å². The highest BCUT2D eigenvalue weighted by Gasteiger charge is 2.08. The first-order chi connectivity index (χ1) is 7.25. The van der Waals surface area contributed by atoms with Gasteiger partial charge in [-0.15, -0.1) is 0 Å². The Morgan fingerprint density at radius 2 is 2.13 bits per heavy atom. The summed E-state index contributed by atoms with van der Waals surface area (Å²) in [5.74, 6) is 2.26. The second kappa shape index (κ2) is 7.01. The molecular weight excluding hydrogens is 231 g/mol. The maximum atomic E-state index is 13.2. The van der Waals surface area contributed by atoms with Crippen molar-refractivity contribution in [1.82, 2.24) is 0 Å². The first kappa shape index (κ1) is 12.7. The monoisotopic (exact) mass is 246 g/mol. The molecule has 0 aromatic heterocycles. The summed E-state index contributed by atoms with van der Waals surface area (Å²) >= 11 is 1.82. The van der Waals surface area contributed by atoms with Gasteiger partial charge in [-0.05, 0) is 30.1 Å². The smallest absolute Gasteiger partial charge is 0.139 e. The van der Waals surface area contributed by atoms with Gasteiger partial charge in [-0.25, -0.2) is 4.39 Å². The first-order valence-electron chi connectivity index (χ1n) is 4.96. The van der Waals surface area contributed by atoms with Gasteiger partial charge in [0.15, 0.2) is 0 Å². The van der Waals surface area contributed by atoms with Gasteiger partial charge in [-0.2, -0.15) is 11.8 Å². The van der Waals surface area contributed by atoms with Gasteiger partial charge in [0.2, 0.25) is 0 Å². The van der Waals surface area contributed by atoms with Crippen LogP contribution in [0.4, 0.5) is 4.39 Å². The summed E-state index contributed by atoms with van der Waals surface area (Å²) < 4.78 is 24.9. The Labute approximate surface area is 96.9 Å². The molecule has 15 heavy (non-hydrogen) atoms. The highest BCUT2D eigenvalue weighted by molar-refractivity contribution is 7.99. The van der Waals surface area contributed by atoms with Crippen molar-refractivity contribution in [1.29, 1.82) is 0 Å². The van der Waals surface area contributed by atoms with Crippen LogP contribution in [0, 0.1) is 5.82 Å². The molecule has 4 heteroatoms. The van der Waals surface area contributed by atoms with E-state index >= 15 is 0 Å². The molecule has 1 aromatic carbocycles. The number of rotatable bonds is 6. The summed E-state index contributed by atoms with van der Waals surface area (Å²) in [6.45, 7) is 2.10. The molecule has 0 spiro atoms. The van der Waals surface area contributed by atoms with Crippen LogP contribution in [0.2, 0.25) is 0 Å². The van der Waals surface area contributed by atoms with Gasteiger partial charge >= 0.3 is 0 Å². The van der Waals surface area contributed by atoms with Crippen molar-refractivity contribution in [2.45, 2.75) is 18.2 Å².